The highest BCUT2D eigenvalue weighted by molar-refractivity contribution is 6.30. The van der Waals surface area contributed by atoms with Gasteiger partial charge < -0.3 is 15.8 Å². The zero-order valence-corrected chi connectivity index (χ0v) is 13.7. The number of esters is 1. The number of carbonyl (C=O) groups excluding carboxylic acids is 2. The Kier molecular flexibility index (Phi) is 5.91. The number of carbonyl (C=O) groups is 2. The molecule has 3 N–H and O–H groups in total. The summed E-state index contributed by atoms with van der Waals surface area (Å²) in [5.74, 6) is -1.45. The first kappa shape index (κ1) is 18.2. The van der Waals surface area contributed by atoms with Crippen LogP contribution < -0.4 is 11.1 Å². The summed E-state index contributed by atoms with van der Waals surface area (Å²) in [6.07, 6.45) is 0. The minimum Gasteiger partial charge on any atom is -0.452 e. The molecule has 0 spiro atoms. The third kappa shape index (κ3) is 5.18. The Balaban J connectivity index is 1.90. The molecule has 0 radical (unpaired) electrons. The van der Waals surface area contributed by atoms with Crippen LogP contribution in [0.1, 0.15) is 15.9 Å². The van der Waals surface area contributed by atoms with E-state index in [4.69, 9.17) is 22.1 Å². The van der Waals surface area contributed by atoms with Crippen LogP contribution in [0.15, 0.2) is 42.5 Å². The lowest BCUT2D eigenvalue weighted by Crippen LogP contribution is -2.28. The van der Waals surface area contributed by atoms with Crippen LogP contribution in [0.3, 0.4) is 0 Å². The van der Waals surface area contributed by atoms with Gasteiger partial charge in [-0.3, -0.25) is 14.9 Å². The lowest BCUT2D eigenvalue weighted by molar-refractivity contribution is -0.384. The van der Waals surface area contributed by atoms with Gasteiger partial charge in [0.2, 0.25) is 0 Å². The molecule has 0 unspecified atom stereocenters. The van der Waals surface area contributed by atoms with Crippen LogP contribution in [0.5, 0.6) is 0 Å². The SMILES string of the molecule is Nc1ccc([N+](=O)[O-])cc1C(=O)OCC(=O)NCc1cccc(Cl)c1. The predicted molar refractivity (Wildman–Crippen MR) is 91.1 cm³/mol. The average molecular weight is 364 g/mol. The highest BCUT2D eigenvalue weighted by atomic mass is 35.5. The van der Waals surface area contributed by atoms with Crippen molar-refractivity contribution in [1.29, 1.82) is 0 Å². The van der Waals surface area contributed by atoms with Crippen LogP contribution in [0.25, 0.3) is 0 Å². The number of nitrogens with zero attached hydrogens (tertiary/aromatic N) is 1. The predicted octanol–water partition coefficient (Wildman–Crippen LogP) is 2.30. The third-order valence-electron chi connectivity index (χ3n) is 3.18. The smallest absolute Gasteiger partial charge is 0.341 e. The molecular weight excluding hydrogens is 350 g/mol. The van der Waals surface area contributed by atoms with E-state index in [1.54, 1.807) is 24.3 Å². The summed E-state index contributed by atoms with van der Waals surface area (Å²) in [6.45, 7) is -0.322. The maximum Gasteiger partial charge on any atom is 0.341 e. The second kappa shape index (κ2) is 8.11. The van der Waals surface area contributed by atoms with Crippen molar-refractivity contribution >= 4 is 34.9 Å². The van der Waals surface area contributed by atoms with Gasteiger partial charge in [0.05, 0.1) is 10.5 Å². The first-order chi connectivity index (χ1) is 11.9. The van der Waals surface area contributed by atoms with E-state index in [1.165, 1.54) is 12.1 Å². The summed E-state index contributed by atoms with van der Waals surface area (Å²) in [5, 5.41) is 13.8. The van der Waals surface area contributed by atoms with Gasteiger partial charge in [0.1, 0.15) is 0 Å². The molecule has 2 aromatic carbocycles. The summed E-state index contributed by atoms with van der Waals surface area (Å²) < 4.78 is 4.84. The van der Waals surface area contributed by atoms with E-state index in [0.29, 0.717) is 5.02 Å². The molecule has 1 amide bonds. The zero-order valence-electron chi connectivity index (χ0n) is 12.9. The minimum absolute atomic E-state index is 0.0231. The van der Waals surface area contributed by atoms with Gasteiger partial charge >= 0.3 is 5.97 Å². The number of ether oxygens (including phenoxy) is 1. The third-order valence-corrected chi connectivity index (χ3v) is 3.42. The number of nitrogens with one attached hydrogen (secondary N) is 1. The number of benzene rings is 2. The fraction of sp³-hybridized carbons (Fsp3) is 0.125. The molecule has 0 aliphatic heterocycles. The van der Waals surface area contributed by atoms with Gasteiger partial charge in [0.25, 0.3) is 11.6 Å². The zero-order chi connectivity index (χ0) is 18.4. The van der Waals surface area contributed by atoms with Crippen LogP contribution in [-0.2, 0) is 16.1 Å². The second-order valence-corrected chi connectivity index (χ2v) is 5.45. The highest BCUT2D eigenvalue weighted by Gasteiger charge is 2.17. The number of rotatable bonds is 6. The van der Waals surface area contributed by atoms with Crippen molar-refractivity contribution in [3.63, 3.8) is 0 Å². The average Bonchev–Trinajstić information content (AvgIpc) is 2.58. The number of nitro benzene ring substituents is 1. The Labute approximate surface area is 147 Å². The number of hydrogen-bond donors (Lipinski definition) is 2. The van der Waals surface area contributed by atoms with E-state index in [9.17, 15) is 19.7 Å². The fourth-order valence-electron chi connectivity index (χ4n) is 1.94. The molecule has 0 bridgehead atoms. The van der Waals surface area contributed by atoms with Gasteiger partial charge in [0, 0.05) is 29.4 Å². The quantitative estimate of drug-likeness (QED) is 0.351. The maximum atomic E-state index is 11.9. The summed E-state index contributed by atoms with van der Waals surface area (Å²) in [7, 11) is 0. The van der Waals surface area contributed by atoms with E-state index >= 15 is 0 Å². The van der Waals surface area contributed by atoms with Gasteiger partial charge in [-0.25, -0.2) is 4.79 Å². The van der Waals surface area contributed by atoms with Crippen molar-refractivity contribution in [3.05, 3.63) is 68.7 Å². The number of nitrogen functional groups attached to an aromatic ring is 1. The normalized spacial score (nSPS) is 10.1. The molecule has 2 rings (SSSR count). The highest BCUT2D eigenvalue weighted by Crippen LogP contribution is 2.20. The molecule has 0 aliphatic rings. The Morgan fingerprint density at radius 3 is 2.68 bits per heavy atom. The van der Waals surface area contributed by atoms with Crippen LogP contribution in [0, 0.1) is 10.1 Å². The first-order valence-electron chi connectivity index (χ1n) is 7.09. The molecule has 9 heteroatoms. The molecule has 0 atom stereocenters. The minimum atomic E-state index is -0.917. The van der Waals surface area contributed by atoms with E-state index in [2.05, 4.69) is 5.32 Å². The number of amides is 1. The molecule has 25 heavy (non-hydrogen) atoms. The van der Waals surface area contributed by atoms with Crippen molar-refractivity contribution in [3.8, 4) is 0 Å². The van der Waals surface area contributed by atoms with Crippen molar-refractivity contribution in [2.45, 2.75) is 6.54 Å². The van der Waals surface area contributed by atoms with E-state index in [1.807, 2.05) is 0 Å². The molecule has 0 aromatic heterocycles. The van der Waals surface area contributed by atoms with Gasteiger partial charge in [-0.2, -0.15) is 0 Å². The Morgan fingerprint density at radius 2 is 2.00 bits per heavy atom. The van der Waals surface area contributed by atoms with Gasteiger partial charge in [-0.1, -0.05) is 23.7 Å². The van der Waals surface area contributed by atoms with Crippen LogP contribution >= 0.6 is 11.6 Å². The van der Waals surface area contributed by atoms with E-state index in [-0.39, 0.29) is 23.5 Å². The number of non-ortho nitro benzene ring substituents is 1. The molecule has 2 aromatic rings. The monoisotopic (exact) mass is 363 g/mol. The summed E-state index contributed by atoms with van der Waals surface area (Å²) >= 11 is 5.84. The molecule has 0 fully saturated rings. The van der Waals surface area contributed by atoms with Crippen molar-refractivity contribution in [2.24, 2.45) is 0 Å². The van der Waals surface area contributed by atoms with E-state index < -0.39 is 23.4 Å². The number of nitro groups is 1. The van der Waals surface area contributed by atoms with Crippen LogP contribution in [0.2, 0.25) is 5.02 Å². The van der Waals surface area contributed by atoms with Gasteiger partial charge in [-0.05, 0) is 23.8 Å². The summed E-state index contributed by atoms with van der Waals surface area (Å²) in [5.41, 5.74) is 5.95. The molecule has 0 heterocycles. The van der Waals surface area contributed by atoms with E-state index in [0.717, 1.165) is 11.6 Å². The van der Waals surface area contributed by atoms with Crippen molar-refractivity contribution in [2.75, 3.05) is 12.3 Å². The lowest BCUT2D eigenvalue weighted by atomic mass is 10.1. The summed E-state index contributed by atoms with van der Waals surface area (Å²) in [4.78, 5) is 33.8. The molecule has 130 valence electrons. The molecule has 8 nitrogen and oxygen atoms in total. The molecular formula is C16H14ClN3O5. The standard InChI is InChI=1S/C16H14ClN3O5/c17-11-3-1-2-10(6-11)8-19-15(21)9-25-16(22)13-7-12(20(23)24)4-5-14(13)18/h1-7H,8-9,18H2,(H,19,21). The van der Waals surface area contributed by atoms with Crippen LogP contribution in [-0.4, -0.2) is 23.4 Å². The topological polar surface area (TPSA) is 125 Å². The van der Waals surface area contributed by atoms with Gasteiger partial charge in [0.15, 0.2) is 6.61 Å². The number of halogens is 1. The number of hydrogen-bond acceptors (Lipinski definition) is 6. The van der Waals surface area contributed by atoms with Crippen molar-refractivity contribution in [1.82, 2.24) is 5.32 Å². The molecule has 0 saturated heterocycles. The second-order valence-electron chi connectivity index (χ2n) is 5.01. The van der Waals surface area contributed by atoms with Crippen LogP contribution in [0.4, 0.5) is 11.4 Å². The Hall–Kier alpha value is -3.13. The largest absolute Gasteiger partial charge is 0.452 e. The van der Waals surface area contributed by atoms with Gasteiger partial charge in [-0.15, -0.1) is 0 Å². The lowest BCUT2D eigenvalue weighted by Gasteiger charge is -2.08. The molecule has 0 saturated carbocycles. The number of anilines is 1. The summed E-state index contributed by atoms with van der Waals surface area (Å²) in [6, 6.07) is 10.3. The first-order valence-corrected chi connectivity index (χ1v) is 7.47. The Bertz CT molecular complexity index is 825. The Morgan fingerprint density at radius 1 is 1.24 bits per heavy atom. The maximum absolute atomic E-state index is 11.9. The fourth-order valence-corrected chi connectivity index (χ4v) is 2.15. The molecule has 0 aliphatic carbocycles. The van der Waals surface area contributed by atoms with Crippen molar-refractivity contribution < 1.29 is 19.2 Å². The number of nitrogens with two attached hydrogens (primary N) is 1.